The van der Waals surface area contributed by atoms with Crippen LogP contribution in [0.3, 0.4) is 0 Å². The lowest BCUT2D eigenvalue weighted by Crippen LogP contribution is -2.21. The Morgan fingerprint density at radius 2 is 2.78 bits per heavy atom. The highest BCUT2D eigenvalue weighted by molar-refractivity contribution is 5.91. The number of nitrogens with zero attached hydrogens (tertiary/aromatic N) is 1. The van der Waals surface area contributed by atoms with Gasteiger partial charge >= 0.3 is 0 Å². The lowest BCUT2D eigenvalue weighted by molar-refractivity contribution is -0.124. The van der Waals surface area contributed by atoms with E-state index in [-0.39, 0.29) is 12.5 Å². The van der Waals surface area contributed by atoms with Crippen molar-refractivity contribution in [3.8, 4) is 0 Å². The van der Waals surface area contributed by atoms with E-state index < -0.39 is 6.10 Å². The molecule has 0 saturated carbocycles. The molecule has 0 saturated heterocycles. The molecule has 1 rings (SSSR count). The van der Waals surface area contributed by atoms with Gasteiger partial charge in [0, 0.05) is 7.11 Å². The van der Waals surface area contributed by atoms with Gasteiger partial charge in [-0.15, -0.1) is 0 Å². The Hall–Kier alpha value is -0.900. The van der Waals surface area contributed by atoms with Crippen LogP contribution in [0.2, 0.25) is 0 Å². The summed E-state index contributed by atoms with van der Waals surface area (Å²) < 4.78 is 9.41. The van der Waals surface area contributed by atoms with Crippen molar-refractivity contribution in [1.82, 2.24) is 0 Å². The van der Waals surface area contributed by atoms with Crippen LogP contribution in [0.5, 0.6) is 0 Å². The molecule has 0 fully saturated rings. The van der Waals surface area contributed by atoms with E-state index in [2.05, 4.69) is 9.73 Å². The minimum atomic E-state index is -0.505. The maximum Gasteiger partial charge on any atom is 0.291 e. The number of methoxy groups -OCH3 is 1. The Kier molecular flexibility index (Phi) is 1.79. The van der Waals surface area contributed by atoms with Gasteiger partial charge in [0.05, 0.1) is 6.61 Å². The average molecular weight is 129 g/mol. The summed E-state index contributed by atoms with van der Waals surface area (Å²) in [7, 11) is 1.51. The van der Waals surface area contributed by atoms with Gasteiger partial charge in [-0.25, -0.2) is 0 Å². The summed E-state index contributed by atoms with van der Waals surface area (Å²) in [6.45, 7) is 0.277. The van der Waals surface area contributed by atoms with Gasteiger partial charge in [-0.3, -0.25) is 4.79 Å². The predicted molar refractivity (Wildman–Crippen MR) is 30.2 cm³/mol. The normalized spacial score (nSPS) is 24.6. The molecule has 1 amide bonds. The maximum atomic E-state index is 10.6. The summed E-state index contributed by atoms with van der Waals surface area (Å²) in [5.41, 5.74) is 0. The molecule has 9 heavy (non-hydrogen) atoms. The van der Waals surface area contributed by atoms with Crippen LogP contribution in [0.25, 0.3) is 0 Å². The molecule has 0 radical (unpaired) electrons. The Morgan fingerprint density at radius 3 is 3.22 bits per heavy atom. The van der Waals surface area contributed by atoms with Gasteiger partial charge in [-0.1, -0.05) is 0 Å². The minimum absolute atomic E-state index is 0.267. The third kappa shape index (κ3) is 1.26. The molecule has 0 aliphatic carbocycles. The summed E-state index contributed by atoms with van der Waals surface area (Å²) in [5, 5.41) is 0. The van der Waals surface area contributed by atoms with E-state index in [4.69, 9.17) is 4.74 Å². The monoisotopic (exact) mass is 129 g/mol. The zero-order chi connectivity index (χ0) is 6.69. The Morgan fingerprint density at radius 1 is 2.00 bits per heavy atom. The van der Waals surface area contributed by atoms with Crippen molar-refractivity contribution < 1.29 is 14.3 Å². The standard InChI is InChI=1S/C5H7NO3/c1-8-2-4-5(7)6-3-9-4/h3-4H,2H2,1H3/t4-/m1/s1. The Balaban J connectivity index is 2.37. The molecule has 0 aromatic carbocycles. The number of aliphatic imine (C=N–C) groups is 1. The zero-order valence-corrected chi connectivity index (χ0v) is 5.03. The van der Waals surface area contributed by atoms with Gasteiger partial charge in [0.2, 0.25) is 6.10 Å². The maximum absolute atomic E-state index is 10.6. The highest BCUT2D eigenvalue weighted by Gasteiger charge is 2.22. The van der Waals surface area contributed by atoms with Crippen molar-refractivity contribution in [2.24, 2.45) is 4.99 Å². The first-order valence-electron chi connectivity index (χ1n) is 2.55. The van der Waals surface area contributed by atoms with Crippen molar-refractivity contribution in [3.63, 3.8) is 0 Å². The number of hydrogen-bond donors (Lipinski definition) is 0. The summed E-state index contributed by atoms with van der Waals surface area (Å²) in [6, 6.07) is 0. The van der Waals surface area contributed by atoms with Crippen molar-refractivity contribution in [1.29, 1.82) is 0 Å². The first kappa shape index (κ1) is 6.22. The van der Waals surface area contributed by atoms with Crippen LogP contribution in [0.1, 0.15) is 0 Å². The quantitative estimate of drug-likeness (QED) is 0.509. The smallest absolute Gasteiger partial charge is 0.291 e. The molecule has 1 atom stereocenters. The molecular weight excluding hydrogens is 122 g/mol. The molecule has 50 valence electrons. The van der Waals surface area contributed by atoms with Crippen molar-refractivity contribution in [3.05, 3.63) is 0 Å². The number of ether oxygens (including phenoxy) is 2. The van der Waals surface area contributed by atoms with Gasteiger partial charge in [-0.05, 0) is 0 Å². The van der Waals surface area contributed by atoms with Crippen molar-refractivity contribution >= 4 is 12.3 Å². The Bertz CT molecular complexity index is 143. The topological polar surface area (TPSA) is 47.9 Å². The fraction of sp³-hybridized carbons (Fsp3) is 0.600. The van der Waals surface area contributed by atoms with Gasteiger partial charge in [-0.2, -0.15) is 4.99 Å². The second-order valence-electron chi connectivity index (χ2n) is 1.65. The molecule has 0 N–H and O–H groups in total. The van der Waals surface area contributed by atoms with Gasteiger partial charge in [0.15, 0.2) is 6.40 Å². The molecule has 1 heterocycles. The third-order valence-electron chi connectivity index (χ3n) is 0.999. The minimum Gasteiger partial charge on any atom is -0.467 e. The number of carbonyl (C=O) groups excluding carboxylic acids is 1. The summed E-state index contributed by atoms with van der Waals surface area (Å²) in [5.74, 6) is -0.267. The fourth-order valence-corrected chi connectivity index (χ4v) is 0.559. The van der Waals surface area contributed by atoms with Crippen molar-refractivity contribution in [2.75, 3.05) is 13.7 Å². The van der Waals surface area contributed by atoms with E-state index >= 15 is 0 Å². The van der Waals surface area contributed by atoms with Crippen LogP contribution in [-0.2, 0) is 14.3 Å². The molecular formula is C5H7NO3. The van der Waals surface area contributed by atoms with E-state index in [1.807, 2.05) is 0 Å². The van der Waals surface area contributed by atoms with E-state index in [9.17, 15) is 4.79 Å². The molecule has 0 aromatic heterocycles. The lowest BCUT2D eigenvalue weighted by atomic mass is 10.4. The second-order valence-corrected chi connectivity index (χ2v) is 1.65. The molecule has 1 aliphatic rings. The Labute approximate surface area is 52.5 Å². The summed E-state index contributed by atoms with van der Waals surface area (Å²) in [6.07, 6.45) is 0.640. The number of carbonyl (C=O) groups is 1. The van der Waals surface area contributed by atoms with Crippen molar-refractivity contribution in [2.45, 2.75) is 6.10 Å². The molecule has 0 aromatic rings. The highest BCUT2D eigenvalue weighted by atomic mass is 16.5. The van der Waals surface area contributed by atoms with Gasteiger partial charge in [0.1, 0.15) is 0 Å². The fourth-order valence-electron chi connectivity index (χ4n) is 0.559. The van der Waals surface area contributed by atoms with Gasteiger partial charge in [0.25, 0.3) is 5.91 Å². The van der Waals surface area contributed by atoms with E-state index in [0.29, 0.717) is 0 Å². The molecule has 0 spiro atoms. The van der Waals surface area contributed by atoms with E-state index in [1.54, 1.807) is 0 Å². The van der Waals surface area contributed by atoms with Crippen LogP contribution < -0.4 is 0 Å². The highest BCUT2D eigenvalue weighted by Crippen LogP contribution is 2.00. The van der Waals surface area contributed by atoms with E-state index in [0.717, 1.165) is 6.40 Å². The number of hydrogen-bond acceptors (Lipinski definition) is 3. The van der Waals surface area contributed by atoms with Crippen LogP contribution in [-0.4, -0.2) is 32.1 Å². The molecule has 4 nitrogen and oxygen atoms in total. The molecule has 0 unspecified atom stereocenters. The molecule has 0 bridgehead atoms. The van der Waals surface area contributed by atoms with Crippen LogP contribution in [0.4, 0.5) is 0 Å². The number of amides is 1. The second kappa shape index (κ2) is 2.59. The number of rotatable bonds is 2. The predicted octanol–water partition coefficient (Wildman–Crippen LogP) is -0.413. The molecule has 1 aliphatic heterocycles. The average Bonchev–Trinajstić information content (AvgIpc) is 2.18. The summed E-state index contributed by atoms with van der Waals surface area (Å²) in [4.78, 5) is 13.9. The van der Waals surface area contributed by atoms with Crippen LogP contribution >= 0.6 is 0 Å². The lowest BCUT2D eigenvalue weighted by Gasteiger charge is -2.03. The van der Waals surface area contributed by atoms with Crippen LogP contribution in [0, 0.1) is 0 Å². The third-order valence-corrected chi connectivity index (χ3v) is 0.999. The largest absolute Gasteiger partial charge is 0.467 e. The van der Waals surface area contributed by atoms with E-state index in [1.165, 1.54) is 7.11 Å². The zero-order valence-electron chi connectivity index (χ0n) is 5.03. The summed E-state index contributed by atoms with van der Waals surface area (Å²) >= 11 is 0. The SMILES string of the molecule is COC[C@H]1OC=NC1=O. The first-order chi connectivity index (χ1) is 4.34. The first-order valence-corrected chi connectivity index (χ1v) is 2.55. The molecule has 4 heteroatoms. The van der Waals surface area contributed by atoms with Crippen LogP contribution in [0.15, 0.2) is 4.99 Å². The van der Waals surface area contributed by atoms with Gasteiger partial charge < -0.3 is 9.47 Å².